The van der Waals surface area contributed by atoms with Crippen molar-refractivity contribution in [2.45, 2.75) is 13.8 Å². The van der Waals surface area contributed by atoms with Crippen LogP contribution < -0.4 is 4.74 Å². The Kier molecular flexibility index (Phi) is 6.26. The zero-order valence-corrected chi connectivity index (χ0v) is 13.3. The van der Waals surface area contributed by atoms with Crippen LogP contribution in [0.5, 0.6) is 5.75 Å². The zero-order valence-electron chi connectivity index (χ0n) is 10.2. The number of halogens is 3. The van der Waals surface area contributed by atoms with Crippen LogP contribution >= 0.6 is 39.1 Å². The van der Waals surface area contributed by atoms with Crippen LogP contribution in [0.3, 0.4) is 0 Å². The molecule has 0 radical (unpaired) electrons. The topological polar surface area (TPSA) is 29.5 Å². The fraction of sp³-hybridized carbons (Fsp3) is 0.417. The lowest BCUT2D eigenvalue weighted by Gasteiger charge is -2.19. The molecule has 0 aliphatic rings. The lowest BCUT2D eigenvalue weighted by Crippen LogP contribution is -2.34. The van der Waals surface area contributed by atoms with Gasteiger partial charge in [-0.2, -0.15) is 0 Å². The molecule has 0 aromatic heterocycles. The number of carbonyl (C=O) groups is 1. The van der Waals surface area contributed by atoms with Crippen molar-refractivity contribution >= 4 is 45.0 Å². The molecule has 0 fully saturated rings. The van der Waals surface area contributed by atoms with Crippen LogP contribution in [-0.4, -0.2) is 30.5 Å². The first-order chi connectivity index (χ1) is 8.49. The summed E-state index contributed by atoms with van der Waals surface area (Å²) >= 11 is 15.1. The van der Waals surface area contributed by atoms with Crippen LogP contribution in [0.2, 0.25) is 10.0 Å². The summed E-state index contributed by atoms with van der Waals surface area (Å²) in [5, 5.41) is 0.885. The van der Waals surface area contributed by atoms with Crippen LogP contribution in [0.25, 0.3) is 0 Å². The predicted molar refractivity (Wildman–Crippen MR) is 77.6 cm³/mol. The first kappa shape index (κ1) is 15.6. The summed E-state index contributed by atoms with van der Waals surface area (Å²) < 4.78 is 6.07. The van der Waals surface area contributed by atoms with E-state index in [0.717, 1.165) is 0 Å². The monoisotopic (exact) mass is 353 g/mol. The number of nitrogens with zero attached hydrogens (tertiary/aromatic N) is 1. The second-order valence-corrected chi connectivity index (χ2v) is 5.25. The van der Waals surface area contributed by atoms with Crippen molar-refractivity contribution in [2.24, 2.45) is 0 Å². The fourth-order valence-electron chi connectivity index (χ4n) is 1.47. The van der Waals surface area contributed by atoms with Gasteiger partial charge in [0.2, 0.25) is 0 Å². The minimum atomic E-state index is -0.0714. The molecule has 0 aliphatic carbocycles. The Morgan fingerprint density at radius 3 is 2.44 bits per heavy atom. The molecule has 0 saturated carbocycles. The normalized spacial score (nSPS) is 10.3. The molecule has 0 atom stereocenters. The van der Waals surface area contributed by atoms with Crippen LogP contribution in [0, 0.1) is 0 Å². The van der Waals surface area contributed by atoms with Crippen molar-refractivity contribution in [3.05, 3.63) is 26.7 Å². The molecule has 0 bridgehead atoms. The third kappa shape index (κ3) is 4.04. The molecule has 0 saturated heterocycles. The molecule has 0 unspecified atom stereocenters. The number of benzene rings is 1. The molecule has 6 heteroatoms. The van der Waals surface area contributed by atoms with Crippen LogP contribution in [-0.2, 0) is 4.79 Å². The van der Waals surface area contributed by atoms with Gasteiger partial charge in [0.05, 0.1) is 9.50 Å². The average molecular weight is 355 g/mol. The average Bonchev–Trinajstić information content (AvgIpc) is 2.29. The number of carbonyl (C=O) groups excluding carboxylic acids is 1. The molecule has 1 aromatic carbocycles. The fourth-order valence-corrected chi connectivity index (χ4v) is 2.84. The summed E-state index contributed by atoms with van der Waals surface area (Å²) in [6.07, 6.45) is 0. The Morgan fingerprint density at radius 2 is 1.94 bits per heavy atom. The van der Waals surface area contributed by atoms with Gasteiger partial charge in [0, 0.05) is 18.1 Å². The third-order valence-corrected chi connectivity index (χ3v) is 3.51. The van der Waals surface area contributed by atoms with E-state index in [2.05, 4.69) is 15.9 Å². The number of ether oxygens (including phenoxy) is 1. The molecular formula is C12H14BrCl2NO2. The molecule has 0 heterocycles. The standard InChI is InChI=1S/C12H14BrCl2NO2/c1-3-16(4-2)11(17)7-18-12-9(13)5-8(14)6-10(12)15/h5-6H,3-4,7H2,1-2H3. The molecule has 18 heavy (non-hydrogen) atoms. The lowest BCUT2D eigenvalue weighted by atomic mass is 10.3. The molecule has 0 spiro atoms. The summed E-state index contributed by atoms with van der Waals surface area (Å²) in [5.41, 5.74) is 0. The molecule has 1 aromatic rings. The molecule has 1 rings (SSSR count). The Labute approximate surface area is 125 Å². The Balaban J connectivity index is 2.72. The SMILES string of the molecule is CCN(CC)C(=O)COc1c(Cl)cc(Cl)cc1Br. The Morgan fingerprint density at radius 1 is 1.33 bits per heavy atom. The van der Waals surface area contributed by atoms with E-state index in [-0.39, 0.29) is 12.5 Å². The van der Waals surface area contributed by atoms with Crippen molar-refractivity contribution in [2.75, 3.05) is 19.7 Å². The second kappa shape index (κ2) is 7.22. The van der Waals surface area contributed by atoms with Gasteiger partial charge in [-0.25, -0.2) is 0 Å². The summed E-state index contributed by atoms with van der Waals surface area (Å²) in [6.45, 7) is 5.13. The summed E-state index contributed by atoms with van der Waals surface area (Å²) in [5.74, 6) is 0.361. The highest BCUT2D eigenvalue weighted by Crippen LogP contribution is 2.35. The van der Waals surface area contributed by atoms with E-state index in [9.17, 15) is 4.79 Å². The van der Waals surface area contributed by atoms with Gasteiger partial charge in [0.1, 0.15) is 0 Å². The number of amides is 1. The quantitative estimate of drug-likeness (QED) is 0.799. The molecule has 100 valence electrons. The van der Waals surface area contributed by atoms with Crippen molar-refractivity contribution in [3.63, 3.8) is 0 Å². The summed E-state index contributed by atoms with van der Waals surface area (Å²) in [4.78, 5) is 13.5. The van der Waals surface area contributed by atoms with Gasteiger partial charge in [0.15, 0.2) is 12.4 Å². The van der Waals surface area contributed by atoms with Gasteiger partial charge in [-0.15, -0.1) is 0 Å². The molecular weight excluding hydrogens is 341 g/mol. The van der Waals surface area contributed by atoms with Gasteiger partial charge in [0.25, 0.3) is 5.91 Å². The van der Waals surface area contributed by atoms with Crippen LogP contribution in [0.15, 0.2) is 16.6 Å². The molecule has 3 nitrogen and oxygen atoms in total. The van der Waals surface area contributed by atoms with Gasteiger partial charge in [-0.3, -0.25) is 4.79 Å². The van der Waals surface area contributed by atoms with E-state index in [4.69, 9.17) is 27.9 Å². The highest BCUT2D eigenvalue weighted by molar-refractivity contribution is 9.10. The van der Waals surface area contributed by atoms with E-state index in [1.807, 2.05) is 13.8 Å². The maximum atomic E-state index is 11.8. The van der Waals surface area contributed by atoms with Gasteiger partial charge < -0.3 is 9.64 Å². The highest BCUT2D eigenvalue weighted by Gasteiger charge is 2.14. The number of likely N-dealkylation sites (N-methyl/N-ethyl adjacent to an activating group) is 1. The smallest absolute Gasteiger partial charge is 0.260 e. The summed E-state index contributed by atoms with van der Waals surface area (Å²) in [7, 11) is 0. The van der Waals surface area contributed by atoms with Gasteiger partial charge >= 0.3 is 0 Å². The first-order valence-electron chi connectivity index (χ1n) is 5.54. The number of hydrogen-bond donors (Lipinski definition) is 0. The van der Waals surface area contributed by atoms with E-state index >= 15 is 0 Å². The van der Waals surface area contributed by atoms with E-state index in [1.165, 1.54) is 0 Å². The lowest BCUT2D eigenvalue weighted by molar-refractivity contribution is -0.132. The Hall–Kier alpha value is -0.450. The molecule has 1 amide bonds. The maximum absolute atomic E-state index is 11.8. The van der Waals surface area contributed by atoms with Crippen molar-refractivity contribution in [3.8, 4) is 5.75 Å². The Bertz CT molecular complexity index is 413. The first-order valence-corrected chi connectivity index (χ1v) is 7.09. The highest BCUT2D eigenvalue weighted by atomic mass is 79.9. The van der Waals surface area contributed by atoms with Crippen molar-refractivity contribution < 1.29 is 9.53 Å². The van der Waals surface area contributed by atoms with Crippen molar-refractivity contribution in [1.29, 1.82) is 0 Å². The second-order valence-electron chi connectivity index (χ2n) is 3.55. The van der Waals surface area contributed by atoms with Crippen molar-refractivity contribution in [1.82, 2.24) is 4.90 Å². The zero-order chi connectivity index (χ0) is 13.7. The molecule has 0 aliphatic heterocycles. The van der Waals surface area contributed by atoms with E-state index in [1.54, 1.807) is 17.0 Å². The number of rotatable bonds is 5. The van der Waals surface area contributed by atoms with Crippen LogP contribution in [0.1, 0.15) is 13.8 Å². The van der Waals surface area contributed by atoms with E-state index < -0.39 is 0 Å². The van der Waals surface area contributed by atoms with Gasteiger partial charge in [-0.05, 0) is 41.9 Å². The minimum Gasteiger partial charge on any atom is -0.481 e. The predicted octanol–water partition coefficient (Wildman–Crippen LogP) is 4.00. The number of hydrogen-bond acceptors (Lipinski definition) is 2. The van der Waals surface area contributed by atoms with Gasteiger partial charge in [-0.1, -0.05) is 23.2 Å². The third-order valence-electron chi connectivity index (χ3n) is 2.42. The maximum Gasteiger partial charge on any atom is 0.260 e. The largest absolute Gasteiger partial charge is 0.481 e. The minimum absolute atomic E-state index is 0.0400. The molecule has 0 N–H and O–H groups in total. The van der Waals surface area contributed by atoms with Crippen LogP contribution in [0.4, 0.5) is 0 Å². The summed E-state index contributed by atoms with van der Waals surface area (Å²) in [6, 6.07) is 3.25. The van der Waals surface area contributed by atoms with E-state index in [0.29, 0.717) is 33.4 Å².